The Morgan fingerprint density at radius 1 is 1.33 bits per heavy atom. The van der Waals surface area contributed by atoms with Gasteiger partial charge in [-0.25, -0.2) is 4.39 Å². The maximum atomic E-state index is 14.7. The zero-order valence-electron chi connectivity index (χ0n) is 12.2. The fourth-order valence-electron chi connectivity index (χ4n) is 2.73. The van der Waals surface area contributed by atoms with Gasteiger partial charge < -0.3 is 0 Å². The molecule has 100 valence electrons. The largest absolute Gasteiger partial charge is 0.296 e. The van der Waals surface area contributed by atoms with Crippen LogP contribution >= 0.6 is 0 Å². The van der Waals surface area contributed by atoms with Crippen LogP contribution in [-0.2, 0) is 17.6 Å². The Morgan fingerprint density at radius 2 is 2.00 bits per heavy atom. The summed E-state index contributed by atoms with van der Waals surface area (Å²) in [6.45, 7) is 12.7. The minimum absolute atomic E-state index is 0.121. The monoisotopic (exact) mass is 249 g/mol. The molecule has 0 saturated heterocycles. The first kappa shape index (κ1) is 13.5. The number of halogens is 1. The smallest absolute Gasteiger partial charge is 0.146 e. The highest BCUT2D eigenvalue weighted by atomic mass is 19.1. The molecule has 0 aliphatic carbocycles. The fraction of sp³-hybridized carbons (Fsp3) is 0.625. The van der Waals surface area contributed by atoms with E-state index in [1.54, 1.807) is 6.92 Å². The lowest BCUT2D eigenvalue weighted by Crippen LogP contribution is -2.41. The quantitative estimate of drug-likeness (QED) is 0.727. The molecule has 1 aliphatic rings. The summed E-state index contributed by atoms with van der Waals surface area (Å²) in [5.41, 5.74) is 2.21. The number of nitrogens with zero attached hydrogens (tertiary/aromatic N) is 1. The van der Waals surface area contributed by atoms with Crippen LogP contribution in [0.25, 0.3) is 0 Å². The fourth-order valence-corrected chi connectivity index (χ4v) is 2.73. The first-order valence-electron chi connectivity index (χ1n) is 6.79. The Hall–Kier alpha value is -0.890. The van der Waals surface area contributed by atoms with Crippen LogP contribution in [-0.4, -0.2) is 18.0 Å². The summed E-state index contributed by atoms with van der Waals surface area (Å²) in [6, 6.07) is 6.26. The number of hydrogen-bond donors (Lipinski definition) is 0. The van der Waals surface area contributed by atoms with E-state index in [2.05, 4.69) is 44.7 Å². The van der Waals surface area contributed by atoms with E-state index in [-0.39, 0.29) is 5.41 Å². The van der Waals surface area contributed by atoms with Crippen molar-refractivity contribution in [2.45, 2.75) is 52.2 Å². The molecule has 1 atom stereocenters. The maximum absolute atomic E-state index is 14.7. The molecular weight excluding hydrogens is 225 g/mol. The van der Waals surface area contributed by atoms with E-state index in [9.17, 15) is 4.39 Å². The third-order valence-electron chi connectivity index (χ3n) is 3.89. The number of hydrogen-bond acceptors (Lipinski definition) is 1. The first-order valence-corrected chi connectivity index (χ1v) is 6.79. The normalized spacial score (nSPS) is 25.0. The third-order valence-corrected chi connectivity index (χ3v) is 3.89. The summed E-state index contributed by atoms with van der Waals surface area (Å²) < 4.78 is 14.7. The van der Waals surface area contributed by atoms with Crippen molar-refractivity contribution in [3.05, 3.63) is 34.9 Å². The van der Waals surface area contributed by atoms with Gasteiger partial charge in [0, 0.05) is 13.1 Å². The molecule has 18 heavy (non-hydrogen) atoms. The molecule has 1 nitrogen and oxygen atoms in total. The number of rotatable bonds is 1. The predicted molar refractivity (Wildman–Crippen MR) is 74.6 cm³/mol. The standard InChI is InChI=1S/C16H24FN/c1-6-18-10-12-9-13(15(2,3)4)7-8-14(12)16(5,17)11-18/h7-9H,6,10-11H2,1-5H3. The summed E-state index contributed by atoms with van der Waals surface area (Å²) in [6.07, 6.45) is 0. The Morgan fingerprint density at radius 3 is 2.56 bits per heavy atom. The molecule has 0 spiro atoms. The van der Waals surface area contributed by atoms with Crippen LogP contribution in [0.3, 0.4) is 0 Å². The zero-order chi connectivity index (χ0) is 13.6. The van der Waals surface area contributed by atoms with Gasteiger partial charge in [0.25, 0.3) is 0 Å². The van der Waals surface area contributed by atoms with Gasteiger partial charge in [-0.2, -0.15) is 0 Å². The Bertz CT molecular complexity index is 443. The van der Waals surface area contributed by atoms with E-state index < -0.39 is 5.67 Å². The summed E-state index contributed by atoms with van der Waals surface area (Å²) >= 11 is 0. The van der Waals surface area contributed by atoms with Crippen LogP contribution in [0.5, 0.6) is 0 Å². The molecule has 0 aromatic heterocycles. The molecule has 0 amide bonds. The number of fused-ring (bicyclic) bond motifs is 1. The van der Waals surface area contributed by atoms with Crippen molar-refractivity contribution in [1.29, 1.82) is 0 Å². The van der Waals surface area contributed by atoms with Gasteiger partial charge in [0.2, 0.25) is 0 Å². The van der Waals surface area contributed by atoms with Crippen molar-refractivity contribution >= 4 is 0 Å². The summed E-state index contributed by atoms with van der Waals surface area (Å²) in [4.78, 5) is 2.18. The summed E-state index contributed by atoms with van der Waals surface area (Å²) in [5, 5.41) is 0. The average Bonchev–Trinajstić information content (AvgIpc) is 2.26. The van der Waals surface area contributed by atoms with Crippen molar-refractivity contribution in [3.63, 3.8) is 0 Å². The minimum Gasteiger partial charge on any atom is -0.296 e. The zero-order valence-corrected chi connectivity index (χ0v) is 12.2. The predicted octanol–water partition coefficient (Wildman–Crippen LogP) is 4.00. The van der Waals surface area contributed by atoms with Crippen LogP contribution in [0, 0.1) is 0 Å². The van der Waals surface area contributed by atoms with Gasteiger partial charge >= 0.3 is 0 Å². The molecule has 1 aliphatic heterocycles. The van der Waals surface area contributed by atoms with Gasteiger partial charge in [0.1, 0.15) is 5.67 Å². The lowest BCUT2D eigenvalue weighted by molar-refractivity contribution is 0.0874. The van der Waals surface area contributed by atoms with E-state index in [1.165, 1.54) is 5.56 Å². The molecular formula is C16H24FN. The van der Waals surface area contributed by atoms with E-state index in [0.29, 0.717) is 6.54 Å². The Balaban J connectivity index is 2.46. The highest BCUT2D eigenvalue weighted by Gasteiger charge is 2.35. The van der Waals surface area contributed by atoms with Gasteiger partial charge in [-0.1, -0.05) is 45.9 Å². The van der Waals surface area contributed by atoms with Gasteiger partial charge in [-0.15, -0.1) is 0 Å². The molecule has 1 aromatic rings. The molecule has 0 bridgehead atoms. The van der Waals surface area contributed by atoms with Crippen molar-refractivity contribution in [2.75, 3.05) is 13.1 Å². The SMILES string of the molecule is CCN1Cc2cc(C(C)(C)C)ccc2C(C)(F)C1. The molecule has 2 rings (SSSR count). The highest BCUT2D eigenvalue weighted by molar-refractivity contribution is 5.40. The van der Waals surface area contributed by atoms with Crippen molar-refractivity contribution < 1.29 is 4.39 Å². The van der Waals surface area contributed by atoms with Gasteiger partial charge in [-0.05, 0) is 35.6 Å². The molecule has 1 aromatic carbocycles. The topological polar surface area (TPSA) is 3.24 Å². The van der Waals surface area contributed by atoms with Crippen LogP contribution in [0.15, 0.2) is 18.2 Å². The van der Waals surface area contributed by atoms with Crippen LogP contribution in [0.4, 0.5) is 4.39 Å². The van der Waals surface area contributed by atoms with Crippen molar-refractivity contribution in [2.24, 2.45) is 0 Å². The molecule has 0 radical (unpaired) electrons. The maximum Gasteiger partial charge on any atom is 0.146 e. The first-order chi connectivity index (χ1) is 8.24. The average molecular weight is 249 g/mol. The third kappa shape index (κ3) is 2.44. The highest BCUT2D eigenvalue weighted by Crippen LogP contribution is 2.36. The van der Waals surface area contributed by atoms with Crippen LogP contribution in [0.2, 0.25) is 0 Å². The Labute approximate surface area is 110 Å². The second-order valence-corrected chi connectivity index (χ2v) is 6.62. The lowest BCUT2D eigenvalue weighted by Gasteiger charge is -2.37. The molecule has 0 saturated carbocycles. The molecule has 2 heteroatoms. The van der Waals surface area contributed by atoms with Crippen LogP contribution in [0.1, 0.15) is 51.3 Å². The van der Waals surface area contributed by atoms with Gasteiger partial charge in [0.15, 0.2) is 0 Å². The van der Waals surface area contributed by atoms with Crippen LogP contribution < -0.4 is 0 Å². The van der Waals surface area contributed by atoms with Gasteiger partial charge in [0.05, 0.1) is 0 Å². The summed E-state index contributed by atoms with van der Waals surface area (Å²) in [5.74, 6) is 0. The minimum atomic E-state index is -1.22. The van der Waals surface area contributed by atoms with Crippen molar-refractivity contribution in [3.8, 4) is 0 Å². The molecule has 1 unspecified atom stereocenters. The number of likely N-dealkylation sites (N-methyl/N-ethyl adjacent to an activating group) is 1. The number of benzene rings is 1. The lowest BCUT2D eigenvalue weighted by atomic mass is 9.81. The van der Waals surface area contributed by atoms with E-state index in [0.717, 1.165) is 24.2 Å². The second-order valence-electron chi connectivity index (χ2n) is 6.62. The van der Waals surface area contributed by atoms with Gasteiger partial charge in [-0.3, -0.25) is 4.90 Å². The molecule has 1 heterocycles. The van der Waals surface area contributed by atoms with E-state index in [4.69, 9.17) is 0 Å². The van der Waals surface area contributed by atoms with E-state index in [1.807, 2.05) is 6.07 Å². The van der Waals surface area contributed by atoms with E-state index >= 15 is 0 Å². The molecule has 0 N–H and O–H groups in total. The van der Waals surface area contributed by atoms with Crippen molar-refractivity contribution in [1.82, 2.24) is 4.90 Å². The summed E-state index contributed by atoms with van der Waals surface area (Å²) in [7, 11) is 0. The number of alkyl halides is 1. The second kappa shape index (κ2) is 4.34. The molecule has 0 fully saturated rings. The Kier molecular flexibility index (Phi) is 3.26.